The second kappa shape index (κ2) is 7.97. The smallest absolute Gasteiger partial charge is 0.315 e. The summed E-state index contributed by atoms with van der Waals surface area (Å²) < 4.78 is 5.56. The van der Waals surface area contributed by atoms with Gasteiger partial charge in [-0.25, -0.2) is 4.79 Å². The number of aryl methyl sites for hydroxylation is 1. The van der Waals surface area contributed by atoms with Crippen LogP contribution in [0.15, 0.2) is 41.1 Å². The third-order valence-electron chi connectivity index (χ3n) is 4.33. The van der Waals surface area contributed by atoms with E-state index in [1.807, 2.05) is 31.2 Å². The lowest BCUT2D eigenvalue weighted by molar-refractivity contribution is 0.203. The highest BCUT2D eigenvalue weighted by molar-refractivity contribution is 5.73. The molecule has 0 radical (unpaired) electrons. The fourth-order valence-corrected chi connectivity index (χ4v) is 2.98. The largest absolute Gasteiger partial charge is 0.468 e. The van der Waals surface area contributed by atoms with Gasteiger partial charge >= 0.3 is 6.03 Å². The van der Waals surface area contributed by atoms with Crippen molar-refractivity contribution in [2.24, 2.45) is 0 Å². The van der Waals surface area contributed by atoms with Crippen LogP contribution < -0.4 is 10.6 Å². The van der Waals surface area contributed by atoms with E-state index in [9.17, 15) is 4.79 Å². The van der Waals surface area contributed by atoms with Gasteiger partial charge in [0.15, 0.2) is 0 Å². The van der Waals surface area contributed by atoms with Gasteiger partial charge in [0, 0.05) is 25.0 Å². The minimum absolute atomic E-state index is 0.0919. The Bertz CT molecular complexity index is 634. The lowest BCUT2D eigenvalue weighted by Gasteiger charge is -2.26. The summed E-state index contributed by atoms with van der Waals surface area (Å²) >= 11 is 0. The van der Waals surface area contributed by atoms with Gasteiger partial charge in [0.25, 0.3) is 0 Å². The third kappa shape index (κ3) is 4.35. The van der Waals surface area contributed by atoms with E-state index in [1.54, 1.807) is 12.5 Å². The molecule has 128 valence electrons. The van der Waals surface area contributed by atoms with Crippen LogP contribution in [0.5, 0.6) is 0 Å². The Labute approximate surface area is 142 Å². The molecule has 0 saturated carbocycles. The molecule has 1 fully saturated rings. The van der Waals surface area contributed by atoms with Crippen LogP contribution in [0.4, 0.5) is 4.79 Å². The normalized spacial score (nSPS) is 16.0. The van der Waals surface area contributed by atoms with Crippen LogP contribution in [0.25, 0.3) is 0 Å². The molecule has 2 amide bonds. The summed E-state index contributed by atoms with van der Waals surface area (Å²) in [4.78, 5) is 18.7. The molecule has 0 unspecified atom stereocenters. The molecule has 0 aliphatic carbocycles. The number of carbonyl (C=O) groups excluding carboxylic acids is 1. The zero-order valence-electron chi connectivity index (χ0n) is 14.0. The summed E-state index contributed by atoms with van der Waals surface area (Å²) in [6, 6.07) is 7.69. The van der Waals surface area contributed by atoms with Crippen LogP contribution >= 0.6 is 0 Å². The number of hydrogen-bond donors (Lipinski definition) is 2. The Balaban J connectivity index is 1.50. The van der Waals surface area contributed by atoms with E-state index in [0.717, 1.165) is 30.1 Å². The topological polar surface area (TPSA) is 70.4 Å². The number of furan rings is 1. The Morgan fingerprint density at radius 1 is 1.29 bits per heavy atom. The monoisotopic (exact) mass is 328 g/mol. The molecule has 0 aromatic carbocycles. The fraction of sp³-hybridized carbons (Fsp3) is 0.444. The van der Waals surface area contributed by atoms with E-state index in [1.165, 1.54) is 12.8 Å². The Kier molecular flexibility index (Phi) is 5.48. The van der Waals surface area contributed by atoms with Gasteiger partial charge in [-0.2, -0.15) is 0 Å². The molecule has 2 aromatic rings. The zero-order chi connectivity index (χ0) is 16.8. The number of carbonyl (C=O) groups is 1. The summed E-state index contributed by atoms with van der Waals surface area (Å²) in [6.07, 6.45) is 5.86. The van der Waals surface area contributed by atoms with Crippen molar-refractivity contribution in [3.63, 3.8) is 0 Å². The molecular formula is C18H24N4O2. The highest BCUT2D eigenvalue weighted by Crippen LogP contribution is 2.24. The highest BCUT2D eigenvalue weighted by Gasteiger charge is 2.25. The second-order valence-corrected chi connectivity index (χ2v) is 6.15. The van der Waals surface area contributed by atoms with Gasteiger partial charge < -0.3 is 15.1 Å². The SMILES string of the molecule is Cc1ccc(CNC(=O)NC[C@H](c2ccco2)N2CCCC2)cn1. The number of hydrogen-bond acceptors (Lipinski definition) is 4. The Morgan fingerprint density at radius 3 is 2.79 bits per heavy atom. The standard InChI is InChI=1S/C18H24N4O2/c1-14-6-7-15(11-19-14)12-20-18(23)21-13-16(17-5-4-10-24-17)22-8-2-3-9-22/h4-7,10-11,16H,2-3,8-9,12-13H2,1H3,(H2,20,21,23)/t16-/m1/s1. The van der Waals surface area contributed by atoms with Gasteiger partial charge in [-0.05, 0) is 56.6 Å². The Hall–Kier alpha value is -2.34. The van der Waals surface area contributed by atoms with Gasteiger partial charge in [0.05, 0.1) is 12.3 Å². The molecule has 3 rings (SSSR count). The molecule has 1 saturated heterocycles. The molecule has 2 N–H and O–H groups in total. The summed E-state index contributed by atoms with van der Waals surface area (Å²) in [6.45, 7) is 5.03. The second-order valence-electron chi connectivity index (χ2n) is 6.15. The zero-order valence-corrected chi connectivity index (χ0v) is 14.0. The molecule has 1 aliphatic heterocycles. The first-order valence-corrected chi connectivity index (χ1v) is 8.43. The number of aromatic nitrogens is 1. The van der Waals surface area contributed by atoms with Crippen molar-refractivity contribution in [3.05, 3.63) is 53.7 Å². The van der Waals surface area contributed by atoms with Crippen molar-refractivity contribution < 1.29 is 9.21 Å². The van der Waals surface area contributed by atoms with E-state index >= 15 is 0 Å². The van der Waals surface area contributed by atoms with Gasteiger partial charge in [-0.3, -0.25) is 9.88 Å². The van der Waals surface area contributed by atoms with Crippen molar-refractivity contribution in [3.8, 4) is 0 Å². The fourth-order valence-electron chi connectivity index (χ4n) is 2.98. The van der Waals surface area contributed by atoms with E-state index < -0.39 is 0 Å². The molecule has 24 heavy (non-hydrogen) atoms. The first-order valence-electron chi connectivity index (χ1n) is 8.43. The van der Waals surface area contributed by atoms with E-state index in [2.05, 4.69) is 20.5 Å². The molecule has 6 nitrogen and oxygen atoms in total. The summed E-state index contributed by atoms with van der Waals surface area (Å²) in [5.41, 5.74) is 1.95. The molecule has 3 heterocycles. The summed E-state index contributed by atoms with van der Waals surface area (Å²) in [5, 5.41) is 5.83. The number of amides is 2. The first kappa shape index (κ1) is 16.5. The van der Waals surface area contributed by atoms with Gasteiger partial charge in [-0.15, -0.1) is 0 Å². The lowest BCUT2D eigenvalue weighted by Crippen LogP contribution is -2.41. The molecule has 0 bridgehead atoms. The number of rotatable bonds is 6. The molecule has 2 aromatic heterocycles. The maximum atomic E-state index is 12.1. The van der Waals surface area contributed by atoms with Gasteiger partial charge in [0.2, 0.25) is 0 Å². The van der Waals surface area contributed by atoms with E-state index in [-0.39, 0.29) is 12.1 Å². The quantitative estimate of drug-likeness (QED) is 0.855. The van der Waals surface area contributed by atoms with Crippen molar-refractivity contribution in [2.45, 2.75) is 32.4 Å². The molecule has 1 aliphatic rings. The highest BCUT2D eigenvalue weighted by atomic mass is 16.3. The number of nitrogens with zero attached hydrogens (tertiary/aromatic N) is 2. The number of pyridine rings is 1. The van der Waals surface area contributed by atoms with Crippen molar-refractivity contribution in [1.29, 1.82) is 0 Å². The molecule has 6 heteroatoms. The average molecular weight is 328 g/mol. The first-order chi connectivity index (χ1) is 11.7. The molecule has 0 spiro atoms. The molecule has 1 atom stereocenters. The van der Waals surface area contributed by atoms with Crippen LogP contribution in [0.1, 0.15) is 35.9 Å². The predicted molar refractivity (Wildman–Crippen MR) is 91.5 cm³/mol. The van der Waals surface area contributed by atoms with E-state index in [4.69, 9.17) is 4.42 Å². The van der Waals surface area contributed by atoms with Crippen LogP contribution in [-0.4, -0.2) is 35.5 Å². The Morgan fingerprint density at radius 2 is 2.12 bits per heavy atom. The predicted octanol–water partition coefficient (Wildman–Crippen LogP) is 2.62. The van der Waals surface area contributed by atoms with Crippen LogP contribution in [0.3, 0.4) is 0 Å². The van der Waals surface area contributed by atoms with E-state index in [0.29, 0.717) is 13.1 Å². The van der Waals surface area contributed by atoms with Crippen LogP contribution in [-0.2, 0) is 6.54 Å². The van der Waals surface area contributed by atoms with Crippen LogP contribution in [0.2, 0.25) is 0 Å². The van der Waals surface area contributed by atoms with Crippen molar-refractivity contribution in [1.82, 2.24) is 20.5 Å². The van der Waals surface area contributed by atoms with Crippen molar-refractivity contribution in [2.75, 3.05) is 19.6 Å². The number of likely N-dealkylation sites (tertiary alicyclic amines) is 1. The number of nitrogens with one attached hydrogen (secondary N) is 2. The van der Waals surface area contributed by atoms with Gasteiger partial charge in [0.1, 0.15) is 5.76 Å². The lowest BCUT2D eigenvalue weighted by atomic mass is 10.2. The minimum Gasteiger partial charge on any atom is -0.468 e. The minimum atomic E-state index is -0.175. The van der Waals surface area contributed by atoms with Crippen LogP contribution in [0, 0.1) is 6.92 Å². The maximum Gasteiger partial charge on any atom is 0.315 e. The average Bonchev–Trinajstić information content (AvgIpc) is 3.29. The summed E-state index contributed by atoms with van der Waals surface area (Å²) in [5.74, 6) is 0.903. The van der Waals surface area contributed by atoms with Crippen molar-refractivity contribution >= 4 is 6.03 Å². The van der Waals surface area contributed by atoms with Gasteiger partial charge in [-0.1, -0.05) is 6.07 Å². The number of urea groups is 1. The molecular weight excluding hydrogens is 304 g/mol. The summed E-state index contributed by atoms with van der Waals surface area (Å²) in [7, 11) is 0. The maximum absolute atomic E-state index is 12.1. The third-order valence-corrected chi connectivity index (χ3v) is 4.33.